The highest BCUT2D eigenvalue weighted by molar-refractivity contribution is 5.20. The number of halogens is 1. The fraction of sp³-hybridized carbons (Fsp3) is 0.647. The minimum Gasteiger partial charge on any atom is -0.389 e. The Kier molecular flexibility index (Phi) is 4.50. The second-order valence-electron chi connectivity index (χ2n) is 6.71. The lowest BCUT2D eigenvalue weighted by molar-refractivity contribution is -0.0905. The topological polar surface area (TPSA) is 46.2 Å². The van der Waals surface area contributed by atoms with E-state index in [0.29, 0.717) is 24.4 Å². The molecule has 2 nitrogen and oxygen atoms in total. The molecule has 3 N–H and O–H groups in total. The van der Waals surface area contributed by atoms with Crippen LogP contribution in [0.2, 0.25) is 0 Å². The molecule has 0 aliphatic heterocycles. The standard InChI is InChI=1S/C17H26FNO/c1-13-7-9-17(12-19,10-8-13)16(2,20)11-14-5-3-4-6-15(14)18/h3-6,13,20H,7-12,19H2,1-2H3. The number of aliphatic hydroxyl groups is 1. The second-order valence-corrected chi connectivity index (χ2v) is 6.71. The SMILES string of the molecule is CC1CCC(CN)(C(C)(O)Cc2ccccc2F)CC1. The van der Waals surface area contributed by atoms with Crippen molar-refractivity contribution in [2.24, 2.45) is 17.1 Å². The van der Waals surface area contributed by atoms with Crippen LogP contribution in [0.4, 0.5) is 4.39 Å². The quantitative estimate of drug-likeness (QED) is 0.888. The van der Waals surface area contributed by atoms with Crippen molar-refractivity contribution in [2.75, 3.05) is 6.54 Å². The lowest BCUT2D eigenvalue weighted by Gasteiger charge is -2.49. The van der Waals surface area contributed by atoms with Crippen LogP contribution in [0, 0.1) is 17.2 Å². The predicted octanol–water partition coefficient (Wildman–Crippen LogP) is 3.27. The van der Waals surface area contributed by atoms with Gasteiger partial charge in [-0.3, -0.25) is 0 Å². The van der Waals surface area contributed by atoms with E-state index in [1.54, 1.807) is 12.1 Å². The molecule has 1 aromatic rings. The zero-order valence-corrected chi connectivity index (χ0v) is 12.5. The molecule has 1 unspecified atom stereocenters. The summed E-state index contributed by atoms with van der Waals surface area (Å²) in [7, 11) is 0. The maximum absolute atomic E-state index is 13.8. The van der Waals surface area contributed by atoms with Gasteiger partial charge in [0.05, 0.1) is 5.60 Å². The minimum atomic E-state index is -0.968. The number of nitrogens with two attached hydrogens (primary N) is 1. The lowest BCUT2D eigenvalue weighted by Crippen LogP contribution is -2.53. The van der Waals surface area contributed by atoms with Gasteiger partial charge in [-0.25, -0.2) is 4.39 Å². The minimum absolute atomic E-state index is 0.246. The van der Waals surface area contributed by atoms with Crippen molar-refractivity contribution >= 4 is 0 Å². The van der Waals surface area contributed by atoms with Crippen LogP contribution in [0.15, 0.2) is 24.3 Å². The molecule has 0 heterocycles. The van der Waals surface area contributed by atoms with Crippen molar-refractivity contribution < 1.29 is 9.50 Å². The molecule has 1 atom stereocenters. The van der Waals surface area contributed by atoms with E-state index in [1.165, 1.54) is 6.07 Å². The van der Waals surface area contributed by atoms with Gasteiger partial charge >= 0.3 is 0 Å². The first-order valence-corrected chi connectivity index (χ1v) is 7.56. The molecular weight excluding hydrogens is 253 g/mol. The van der Waals surface area contributed by atoms with E-state index >= 15 is 0 Å². The molecule has 0 spiro atoms. The molecule has 3 heteroatoms. The van der Waals surface area contributed by atoms with Crippen molar-refractivity contribution in [2.45, 2.75) is 51.6 Å². The summed E-state index contributed by atoms with van der Waals surface area (Å²) in [6.45, 7) is 4.52. The Balaban J connectivity index is 2.21. The van der Waals surface area contributed by atoms with E-state index in [2.05, 4.69) is 6.92 Å². The van der Waals surface area contributed by atoms with Gasteiger partial charge in [0.25, 0.3) is 0 Å². The van der Waals surface area contributed by atoms with E-state index in [0.717, 1.165) is 25.7 Å². The molecule has 2 rings (SSSR count). The van der Waals surface area contributed by atoms with Gasteiger partial charge in [-0.1, -0.05) is 38.0 Å². The summed E-state index contributed by atoms with van der Waals surface area (Å²) in [5.41, 5.74) is 5.32. The molecule has 1 aliphatic rings. The fourth-order valence-electron chi connectivity index (χ4n) is 3.48. The number of hydrogen-bond acceptors (Lipinski definition) is 2. The predicted molar refractivity (Wildman–Crippen MR) is 79.8 cm³/mol. The van der Waals surface area contributed by atoms with Crippen LogP contribution < -0.4 is 5.73 Å². The van der Waals surface area contributed by atoms with Crippen molar-refractivity contribution in [1.82, 2.24) is 0 Å². The average Bonchev–Trinajstić information content (AvgIpc) is 2.42. The van der Waals surface area contributed by atoms with Gasteiger partial charge < -0.3 is 10.8 Å². The third-order valence-corrected chi connectivity index (χ3v) is 5.26. The van der Waals surface area contributed by atoms with Crippen LogP contribution in [-0.2, 0) is 6.42 Å². The van der Waals surface area contributed by atoms with Gasteiger partial charge in [0.1, 0.15) is 5.82 Å². The smallest absolute Gasteiger partial charge is 0.126 e. The summed E-state index contributed by atoms with van der Waals surface area (Å²) < 4.78 is 13.8. The maximum atomic E-state index is 13.8. The van der Waals surface area contributed by atoms with E-state index in [-0.39, 0.29) is 11.2 Å². The lowest BCUT2D eigenvalue weighted by atomic mass is 9.60. The van der Waals surface area contributed by atoms with Crippen LogP contribution >= 0.6 is 0 Å². The zero-order chi connectivity index (χ0) is 14.8. The van der Waals surface area contributed by atoms with Crippen molar-refractivity contribution in [3.05, 3.63) is 35.6 Å². The highest BCUT2D eigenvalue weighted by atomic mass is 19.1. The molecule has 1 aromatic carbocycles. The van der Waals surface area contributed by atoms with Crippen LogP contribution in [-0.4, -0.2) is 17.3 Å². The second kappa shape index (κ2) is 5.82. The summed E-state index contributed by atoms with van der Waals surface area (Å²) in [6.07, 6.45) is 4.35. The number of benzene rings is 1. The molecule has 0 aromatic heterocycles. The van der Waals surface area contributed by atoms with Crippen molar-refractivity contribution in [3.63, 3.8) is 0 Å². The van der Waals surface area contributed by atoms with Crippen molar-refractivity contribution in [3.8, 4) is 0 Å². The molecule has 1 aliphatic carbocycles. The van der Waals surface area contributed by atoms with Gasteiger partial charge in [0.2, 0.25) is 0 Å². The summed E-state index contributed by atoms with van der Waals surface area (Å²) >= 11 is 0. The largest absolute Gasteiger partial charge is 0.389 e. The molecule has 1 saturated carbocycles. The van der Waals surface area contributed by atoms with E-state index in [4.69, 9.17) is 5.73 Å². The molecular formula is C17H26FNO. The van der Waals surface area contributed by atoms with E-state index < -0.39 is 5.60 Å². The summed E-state index contributed by atoms with van der Waals surface area (Å²) in [4.78, 5) is 0. The highest BCUT2D eigenvalue weighted by Crippen LogP contribution is 2.47. The molecule has 1 fully saturated rings. The summed E-state index contributed by atoms with van der Waals surface area (Å²) in [5.74, 6) is 0.447. The maximum Gasteiger partial charge on any atom is 0.126 e. The Hall–Kier alpha value is -0.930. The normalized spacial score (nSPS) is 29.9. The monoisotopic (exact) mass is 279 g/mol. The first-order chi connectivity index (χ1) is 9.40. The van der Waals surface area contributed by atoms with Crippen LogP contribution in [0.3, 0.4) is 0 Å². The van der Waals surface area contributed by atoms with Crippen LogP contribution in [0.5, 0.6) is 0 Å². The zero-order valence-electron chi connectivity index (χ0n) is 12.5. The van der Waals surface area contributed by atoms with Crippen LogP contribution in [0.1, 0.15) is 45.1 Å². The fourth-order valence-corrected chi connectivity index (χ4v) is 3.48. The van der Waals surface area contributed by atoms with Gasteiger partial charge in [-0.2, -0.15) is 0 Å². The van der Waals surface area contributed by atoms with Crippen molar-refractivity contribution in [1.29, 1.82) is 0 Å². The molecule has 0 saturated heterocycles. The first-order valence-electron chi connectivity index (χ1n) is 7.56. The number of hydrogen-bond donors (Lipinski definition) is 2. The molecule has 0 amide bonds. The van der Waals surface area contributed by atoms with Crippen LogP contribution in [0.25, 0.3) is 0 Å². The Morgan fingerprint density at radius 1 is 1.35 bits per heavy atom. The Labute approximate surface area is 121 Å². The molecule has 20 heavy (non-hydrogen) atoms. The first kappa shape index (κ1) is 15.5. The average molecular weight is 279 g/mol. The Bertz CT molecular complexity index is 450. The summed E-state index contributed by atoms with van der Waals surface area (Å²) in [6, 6.07) is 6.68. The Morgan fingerprint density at radius 3 is 2.50 bits per heavy atom. The molecule has 0 bridgehead atoms. The third kappa shape index (κ3) is 2.89. The Morgan fingerprint density at radius 2 is 1.95 bits per heavy atom. The van der Waals surface area contributed by atoms with Gasteiger partial charge in [-0.05, 0) is 37.3 Å². The van der Waals surface area contributed by atoms with Gasteiger partial charge in [-0.15, -0.1) is 0 Å². The molecule has 112 valence electrons. The highest BCUT2D eigenvalue weighted by Gasteiger charge is 2.47. The third-order valence-electron chi connectivity index (χ3n) is 5.26. The summed E-state index contributed by atoms with van der Waals surface area (Å²) in [5, 5.41) is 11.0. The van der Waals surface area contributed by atoms with Gasteiger partial charge in [0, 0.05) is 18.4 Å². The van der Waals surface area contributed by atoms with E-state index in [9.17, 15) is 9.50 Å². The van der Waals surface area contributed by atoms with Gasteiger partial charge in [0.15, 0.2) is 0 Å². The van der Waals surface area contributed by atoms with E-state index in [1.807, 2.05) is 13.0 Å². The molecule has 0 radical (unpaired) electrons. The number of rotatable bonds is 4.